The summed E-state index contributed by atoms with van der Waals surface area (Å²) < 4.78 is 34.1. The van der Waals surface area contributed by atoms with E-state index in [2.05, 4.69) is 5.32 Å². The number of hydrogen-bond donors (Lipinski definition) is 2. The van der Waals surface area contributed by atoms with Crippen LogP contribution in [0.5, 0.6) is 0 Å². The van der Waals surface area contributed by atoms with E-state index in [1.165, 1.54) is 0 Å². The van der Waals surface area contributed by atoms with Crippen molar-refractivity contribution in [2.75, 3.05) is 55.7 Å². The summed E-state index contributed by atoms with van der Waals surface area (Å²) in [6, 6.07) is 0. The summed E-state index contributed by atoms with van der Waals surface area (Å²) in [5.41, 5.74) is 5.65. The number of nitrogens with two attached hydrogens (primary N) is 1. The van der Waals surface area contributed by atoms with Crippen LogP contribution in [0.4, 0.5) is 0 Å². The third kappa shape index (κ3) is 3.39. The largest absolute Gasteiger partial charge is 0.525 e. The van der Waals surface area contributed by atoms with Gasteiger partial charge in [-0.25, -0.2) is 0 Å². The second kappa shape index (κ2) is 9.30. The molecule has 0 aliphatic heterocycles. The summed E-state index contributed by atoms with van der Waals surface area (Å²) in [6.45, 7) is 2.93. The van der Waals surface area contributed by atoms with E-state index in [0.717, 1.165) is 0 Å². The molecule has 0 aliphatic rings. The fourth-order valence-electron chi connectivity index (χ4n) is 2.79. The Balaban J connectivity index is 6.18. The maximum atomic E-state index is 5.69. The zero-order chi connectivity index (χ0) is 16.6. The van der Waals surface area contributed by atoms with Gasteiger partial charge >= 0.3 is 17.6 Å². The highest BCUT2D eigenvalue weighted by Gasteiger charge is 2.75. The Morgan fingerprint density at radius 3 is 1.33 bits per heavy atom. The van der Waals surface area contributed by atoms with Gasteiger partial charge in [0.15, 0.2) is 4.79 Å². The lowest BCUT2D eigenvalue weighted by Crippen LogP contribution is -2.84. The molecule has 0 fully saturated rings. The van der Waals surface area contributed by atoms with Crippen LogP contribution in [0.2, 0.25) is 0 Å². The lowest BCUT2D eigenvalue weighted by atomic mass is 10.4. The van der Waals surface area contributed by atoms with E-state index in [-0.39, 0.29) is 0 Å². The minimum Gasteiger partial charge on any atom is -0.376 e. The van der Waals surface area contributed by atoms with Crippen LogP contribution in [0, 0.1) is 0 Å². The second-order valence-electron chi connectivity index (χ2n) is 4.31. The average molecular weight is 343 g/mol. The molecule has 0 aromatic carbocycles. The molecule has 0 spiro atoms. The summed E-state index contributed by atoms with van der Waals surface area (Å²) in [6.07, 6.45) is 0.566. The zero-order valence-electron chi connectivity index (χ0n) is 14.1. The number of nitrogens with one attached hydrogen (secondary N) is 1. The number of hydrogen-bond acceptors (Lipinski definition) is 8. The quantitative estimate of drug-likeness (QED) is 0.459. The fourth-order valence-corrected chi connectivity index (χ4v) is 10.8. The molecule has 0 amide bonds. The van der Waals surface area contributed by atoms with Gasteiger partial charge in [0.2, 0.25) is 0 Å². The molecule has 21 heavy (non-hydrogen) atoms. The van der Waals surface area contributed by atoms with Gasteiger partial charge in [-0.2, -0.15) is 0 Å². The molecule has 0 rings (SSSR count). The SMILES string of the molecule is CCC(NCCN)([Si](OC)(OC)OC)[Si](OC)(OC)OC. The standard InChI is InChI=1S/C11H30N2O6Si2/c1-8-11(13-10-9-12,20(14-2,15-3)16-4)21(17-5,18-6)19-7/h13H,8-10,12H2,1-7H3. The van der Waals surface area contributed by atoms with Crippen LogP contribution in [-0.4, -0.2) is 78.1 Å². The molecule has 0 atom stereocenters. The van der Waals surface area contributed by atoms with Gasteiger partial charge in [-0.05, 0) is 6.42 Å². The minimum absolute atomic E-state index is 0.436. The predicted molar refractivity (Wildman–Crippen MR) is 83.6 cm³/mol. The van der Waals surface area contributed by atoms with E-state index in [0.29, 0.717) is 19.5 Å². The molecule has 0 heterocycles. The van der Waals surface area contributed by atoms with Crippen molar-refractivity contribution >= 4 is 17.6 Å². The summed E-state index contributed by atoms with van der Waals surface area (Å²) in [5, 5.41) is 3.37. The first-order valence-electron chi connectivity index (χ1n) is 6.75. The predicted octanol–water partition coefficient (Wildman–Crippen LogP) is -0.482. The van der Waals surface area contributed by atoms with Crippen molar-refractivity contribution in [1.29, 1.82) is 0 Å². The summed E-state index contributed by atoms with van der Waals surface area (Å²) in [7, 11) is 2.87. The van der Waals surface area contributed by atoms with Crippen LogP contribution in [0.3, 0.4) is 0 Å². The minimum atomic E-state index is -3.21. The Labute approximate surface area is 129 Å². The van der Waals surface area contributed by atoms with Gasteiger partial charge in [0.1, 0.15) is 0 Å². The fraction of sp³-hybridized carbons (Fsp3) is 1.00. The molecule has 10 heteroatoms. The summed E-state index contributed by atoms with van der Waals surface area (Å²) in [5.74, 6) is 0. The van der Waals surface area contributed by atoms with Gasteiger partial charge in [0.05, 0.1) is 0 Å². The lowest BCUT2D eigenvalue weighted by molar-refractivity contribution is 0.0457. The first kappa shape index (κ1) is 21.1. The van der Waals surface area contributed by atoms with Gasteiger partial charge < -0.3 is 37.6 Å². The van der Waals surface area contributed by atoms with Gasteiger partial charge in [-0.15, -0.1) is 0 Å². The maximum absolute atomic E-state index is 5.69. The molecule has 0 aromatic heterocycles. The van der Waals surface area contributed by atoms with Gasteiger partial charge in [0, 0.05) is 55.7 Å². The molecule has 0 unspecified atom stereocenters. The summed E-state index contributed by atoms with van der Waals surface area (Å²) >= 11 is 0. The Kier molecular flexibility index (Phi) is 9.35. The highest BCUT2D eigenvalue weighted by atomic mass is 28.5. The Bertz CT molecular complexity index is 253. The third-order valence-corrected chi connectivity index (χ3v) is 12.0. The van der Waals surface area contributed by atoms with Gasteiger partial charge in [-0.1, -0.05) is 6.92 Å². The van der Waals surface area contributed by atoms with Gasteiger partial charge in [0.25, 0.3) is 0 Å². The first-order chi connectivity index (χ1) is 9.99. The van der Waals surface area contributed by atoms with Crippen molar-refractivity contribution in [3.63, 3.8) is 0 Å². The molecule has 0 bridgehead atoms. The first-order valence-corrected chi connectivity index (χ1v) is 10.2. The molecule has 0 saturated heterocycles. The molecule has 0 aliphatic carbocycles. The number of rotatable bonds is 12. The molecule has 0 aromatic rings. The van der Waals surface area contributed by atoms with Crippen molar-refractivity contribution in [2.45, 2.75) is 18.1 Å². The van der Waals surface area contributed by atoms with Crippen molar-refractivity contribution in [3.05, 3.63) is 0 Å². The van der Waals surface area contributed by atoms with Crippen LogP contribution in [0.1, 0.15) is 13.3 Å². The average Bonchev–Trinajstić information content (AvgIpc) is 2.55. The molecular formula is C11H30N2O6Si2. The van der Waals surface area contributed by atoms with E-state index < -0.39 is 22.4 Å². The molecular weight excluding hydrogens is 312 g/mol. The monoisotopic (exact) mass is 342 g/mol. The van der Waals surface area contributed by atoms with Crippen LogP contribution in [-0.2, 0) is 26.6 Å². The third-order valence-electron chi connectivity index (χ3n) is 3.76. The second-order valence-corrected chi connectivity index (χ2v) is 11.2. The summed E-state index contributed by atoms with van der Waals surface area (Å²) in [4.78, 5) is -0.865. The Morgan fingerprint density at radius 2 is 1.14 bits per heavy atom. The highest BCUT2D eigenvalue weighted by molar-refractivity contribution is 6.85. The molecule has 128 valence electrons. The van der Waals surface area contributed by atoms with E-state index in [4.69, 9.17) is 32.3 Å². The zero-order valence-corrected chi connectivity index (χ0v) is 16.1. The van der Waals surface area contributed by atoms with Crippen molar-refractivity contribution in [1.82, 2.24) is 5.32 Å². The smallest absolute Gasteiger partial charge is 0.376 e. The Morgan fingerprint density at radius 1 is 0.810 bits per heavy atom. The van der Waals surface area contributed by atoms with Crippen molar-refractivity contribution in [2.24, 2.45) is 5.73 Å². The van der Waals surface area contributed by atoms with E-state index in [9.17, 15) is 0 Å². The molecule has 0 radical (unpaired) electrons. The van der Waals surface area contributed by atoms with E-state index >= 15 is 0 Å². The molecule has 3 N–H and O–H groups in total. The lowest BCUT2D eigenvalue weighted by Gasteiger charge is -2.49. The maximum Gasteiger partial charge on any atom is 0.525 e. The topological polar surface area (TPSA) is 93.4 Å². The van der Waals surface area contributed by atoms with Crippen LogP contribution < -0.4 is 11.1 Å². The molecule has 0 saturated carbocycles. The van der Waals surface area contributed by atoms with Crippen LogP contribution in [0.25, 0.3) is 0 Å². The van der Waals surface area contributed by atoms with Crippen LogP contribution >= 0.6 is 0 Å². The van der Waals surface area contributed by atoms with E-state index in [1.807, 2.05) is 6.92 Å². The van der Waals surface area contributed by atoms with Crippen molar-refractivity contribution < 1.29 is 26.6 Å². The normalized spacial score (nSPS) is 13.7. The Hall–Kier alpha value is 0.114. The highest BCUT2D eigenvalue weighted by Crippen LogP contribution is 2.36. The van der Waals surface area contributed by atoms with Gasteiger partial charge in [-0.3, -0.25) is 0 Å². The van der Waals surface area contributed by atoms with Crippen molar-refractivity contribution in [3.8, 4) is 0 Å². The molecule has 8 nitrogen and oxygen atoms in total. The van der Waals surface area contributed by atoms with E-state index in [1.54, 1.807) is 42.7 Å². The van der Waals surface area contributed by atoms with Crippen LogP contribution in [0.15, 0.2) is 0 Å².